The van der Waals surface area contributed by atoms with Gasteiger partial charge < -0.3 is 15.3 Å². The van der Waals surface area contributed by atoms with Crippen LogP contribution in [-0.2, 0) is 9.59 Å². The second kappa shape index (κ2) is 6.95. The van der Waals surface area contributed by atoms with Gasteiger partial charge in [0.15, 0.2) is 5.78 Å². The first-order chi connectivity index (χ1) is 9.04. The molecule has 1 aromatic heterocycles. The Morgan fingerprint density at radius 3 is 2.47 bits per heavy atom. The van der Waals surface area contributed by atoms with Gasteiger partial charge in [0.1, 0.15) is 5.57 Å². The van der Waals surface area contributed by atoms with E-state index in [2.05, 4.69) is 10.3 Å². The first-order valence-corrected chi connectivity index (χ1v) is 5.49. The molecule has 0 bridgehead atoms. The zero-order chi connectivity index (χ0) is 14.3. The van der Waals surface area contributed by atoms with Crippen LogP contribution < -0.4 is 5.32 Å². The van der Waals surface area contributed by atoms with Crippen LogP contribution in [0.1, 0.15) is 0 Å². The lowest BCUT2D eigenvalue weighted by molar-refractivity contribution is -0.117. The van der Waals surface area contributed by atoms with Crippen molar-refractivity contribution >= 4 is 17.4 Å². The molecule has 0 unspecified atom stereocenters. The third kappa shape index (κ3) is 4.63. The first kappa shape index (κ1) is 14.4. The van der Waals surface area contributed by atoms with Crippen molar-refractivity contribution in [2.45, 2.75) is 0 Å². The summed E-state index contributed by atoms with van der Waals surface area (Å²) in [5.41, 5.74) is 0.152. The summed E-state index contributed by atoms with van der Waals surface area (Å²) < 4.78 is 0. The number of aromatic nitrogens is 1. The number of aliphatic hydroxyl groups excluding tert-OH is 1. The van der Waals surface area contributed by atoms with E-state index in [4.69, 9.17) is 5.11 Å². The molecule has 0 spiro atoms. The summed E-state index contributed by atoms with van der Waals surface area (Å²) in [5, 5.41) is 11.5. The molecule has 6 heteroatoms. The molecule has 0 aromatic carbocycles. The van der Waals surface area contributed by atoms with Gasteiger partial charge in [-0.3, -0.25) is 14.6 Å². The van der Waals surface area contributed by atoms with E-state index in [1.807, 2.05) is 0 Å². The lowest BCUT2D eigenvalue weighted by Crippen LogP contribution is -2.20. The number of nitrogens with zero attached hydrogens (tertiary/aromatic N) is 2. The Labute approximate surface area is 111 Å². The van der Waals surface area contributed by atoms with E-state index >= 15 is 0 Å². The number of carbonyl (C=O) groups is 2. The number of anilines is 1. The van der Waals surface area contributed by atoms with Crippen LogP contribution in [0.2, 0.25) is 0 Å². The molecule has 1 amide bonds. The van der Waals surface area contributed by atoms with Crippen molar-refractivity contribution in [1.29, 1.82) is 0 Å². The van der Waals surface area contributed by atoms with Gasteiger partial charge in [0, 0.05) is 44.5 Å². The molecule has 0 aliphatic heterocycles. The number of hydrogen-bond acceptors (Lipinski definition) is 5. The smallest absolute Gasteiger partial charge is 0.262 e. The SMILES string of the molecule is CN(C)/C=C\C(=O)C(=CO)C(=O)Nc1ccncc1. The predicted octanol–water partition coefficient (Wildman–Crippen LogP) is 1.11. The second-order valence-corrected chi connectivity index (χ2v) is 3.88. The van der Waals surface area contributed by atoms with Crippen LogP contribution in [0.4, 0.5) is 5.69 Å². The average Bonchev–Trinajstić information content (AvgIpc) is 2.38. The number of rotatable bonds is 5. The van der Waals surface area contributed by atoms with Crippen LogP contribution >= 0.6 is 0 Å². The third-order valence-electron chi connectivity index (χ3n) is 2.10. The molecule has 0 atom stereocenters. The van der Waals surface area contributed by atoms with Gasteiger partial charge >= 0.3 is 0 Å². The minimum Gasteiger partial charge on any atom is -0.515 e. The van der Waals surface area contributed by atoms with E-state index in [0.717, 1.165) is 0 Å². The fraction of sp³-hybridized carbons (Fsp3) is 0.154. The molecule has 100 valence electrons. The lowest BCUT2D eigenvalue weighted by atomic mass is 10.1. The Morgan fingerprint density at radius 1 is 1.32 bits per heavy atom. The molecule has 0 aliphatic rings. The van der Waals surface area contributed by atoms with Crippen molar-refractivity contribution in [3.05, 3.63) is 48.6 Å². The van der Waals surface area contributed by atoms with E-state index in [0.29, 0.717) is 11.9 Å². The summed E-state index contributed by atoms with van der Waals surface area (Å²) >= 11 is 0. The van der Waals surface area contributed by atoms with Gasteiger partial charge in [0.05, 0.1) is 6.26 Å². The minimum atomic E-state index is -0.679. The second-order valence-electron chi connectivity index (χ2n) is 3.88. The van der Waals surface area contributed by atoms with Crippen LogP contribution in [0.25, 0.3) is 0 Å². The Bertz CT molecular complexity index is 507. The Hall–Kier alpha value is -2.63. The number of amides is 1. The number of nitrogens with one attached hydrogen (secondary N) is 1. The fourth-order valence-corrected chi connectivity index (χ4v) is 1.17. The highest BCUT2D eigenvalue weighted by atomic mass is 16.2. The van der Waals surface area contributed by atoms with E-state index in [9.17, 15) is 9.59 Å². The van der Waals surface area contributed by atoms with Crippen molar-refractivity contribution in [1.82, 2.24) is 9.88 Å². The lowest BCUT2D eigenvalue weighted by Gasteiger charge is -2.06. The van der Waals surface area contributed by atoms with Crippen LogP contribution in [0, 0.1) is 0 Å². The van der Waals surface area contributed by atoms with E-state index in [-0.39, 0.29) is 5.57 Å². The fourth-order valence-electron chi connectivity index (χ4n) is 1.17. The maximum Gasteiger partial charge on any atom is 0.262 e. The Kier molecular flexibility index (Phi) is 5.28. The molecule has 0 saturated carbocycles. The molecule has 0 radical (unpaired) electrons. The van der Waals surface area contributed by atoms with Crippen LogP contribution in [0.3, 0.4) is 0 Å². The largest absolute Gasteiger partial charge is 0.515 e. The Balaban J connectivity index is 2.76. The van der Waals surface area contributed by atoms with Gasteiger partial charge in [0.2, 0.25) is 0 Å². The van der Waals surface area contributed by atoms with Gasteiger partial charge in [-0.25, -0.2) is 0 Å². The zero-order valence-corrected chi connectivity index (χ0v) is 10.7. The molecule has 6 nitrogen and oxygen atoms in total. The van der Waals surface area contributed by atoms with E-state index in [1.54, 1.807) is 31.1 Å². The normalized spacial score (nSPS) is 11.4. The van der Waals surface area contributed by atoms with Crippen molar-refractivity contribution in [2.24, 2.45) is 0 Å². The third-order valence-corrected chi connectivity index (χ3v) is 2.10. The summed E-state index contributed by atoms with van der Waals surface area (Å²) in [5.74, 6) is -1.26. The first-order valence-electron chi connectivity index (χ1n) is 5.49. The van der Waals surface area contributed by atoms with Crippen LogP contribution in [0.5, 0.6) is 0 Å². The molecule has 1 rings (SSSR count). The Morgan fingerprint density at radius 2 is 1.95 bits per heavy atom. The van der Waals surface area contributed by atoms with E-state index in [1.165, 1.54) is 24.7 Å². The number of aliphatic hydroxyl groups is 1. The number of carbonyl (C=O) groups excluding carboxylic acids is 2. The van der Waals surface area contributed by atoms with E-state index < -0.39 is 11.7 Å². The monoisotopic (exact) mass is 261 g/mol. The summed E-state index contributed by atoms with van der Waals surface area (Å²) in [6.45, 7) is 0. The summed E-state index contributed by atoms with van der Waals surface area (Å²) in [4.78, 5) is 28.9. The quantitative estimate of drug-likeness (QED) is 0.359. The highest BCUT2D eigenvalue weighted by Gasteiger charge is 2.16. The standard InChI is InChI=1S/C13H15N3O3/c1-16(2)8-5-12(18)11(9-17)13(19)15-10-3-6-14-7-4-10/h3-9,17H,1-2H3,(H,14,15,19)/b8-5-,11-9?. The number of allylic oxidation sites excluding steroid dienone is 1. The maximum atomic E-state index is 11.8. The molecule has 0 fully saturated rings. The van der Waals surface area contributed by atoms with Crippen molar-refractivity contribution in [3.8, 4) is 0 Å². The molecule has 2 N–H and O–H groups in total. The summed E-state index contributed by atoms with van der Waals surface area (Å²) in [6, 6.07) is 3.15. The summed E-state index contributed by atoms with van der Waals surface area (Å²) in [7, 11) is 3.48. The molecule has 1 aromatic rings. The zero-order valence-electron chi connectivity index (χ0n) is 10.7. The molecular weight excluding hydrogens is 246 g/mol. The maximum absolute atomic E-state index is 11.8. The van der Waals surface area contributed by atoms with Crippen molar-refractivity contribution in [2.75, 3.05) is 19.4 Å². The number of hydrogen-bond donors (Lipinski definition) is 2. The molecular formula is C13H15N3O3. The van der Waals surface area contributed by atoms with Gasteiger partial charge in [-0.05, 0) is 12.1 Å². The number of ketones is 1. The minimum absolute atomic E-state index is 0.338. The van der Waals surface area contributed by atoms with Crippen molar-refractivity contribution in [3.63, 3.8) is 0 Å². The molecule has 0 aliphatic carbocycles. The van der Waals surface area contributed by atoms with Gasteiger partial charge in [-0.1, -0.05) is 0 Å². The number of pyridine rings is 1. The highest BCUT2D eigenvalue weighted by Crippen LogP contribution is 2.07. The molecule has 19 heavy (non-hydrogen) atoms. The predicted molar refractivity (Wildman–Crippen MR) is 71.4 cm³/mol. The van der Waals surface area contributed by atoms with Gasteiger partial charge in [-0.15, -0.1) is 0 Å². The van der Waals surface area contributed by atoms with Crippen molar-refractivity contribution < 1.29 is 14.7 Å². The van der Waals surface area contributed by atoms with Gasteiger partial charge in [0.25, 0.3) is 5.91 Å². The molecule has 1 heterocycles. The van der Waals surface area contributed by atoms with Crippen LogP contribution in [-0.4, -0.2) is 40.8 Å². The topological polar surface area (TPSA) is 82.5 Å². The highest BCUT2D eigenvalue weighted by molar-refractivity contribution is 6.26. The van der Waals surface area contributed by atoms with Gasteiger partial charge in [-0.2, -0.15) is 0 Å². The summed E-state index contributed by atoms with van der Waals surface area (Å²) in [6.07, 6.45) is 6.20. The average molecular weight is 261 g/mol. The van der Waals surface area contributed by atoms with Crippen LogP contribution in [0.15, 0.2) is 48.6 Å². The molecule has 0 saturated heterocycles.